The molecule has 4 rings (SSSR count). The topological polar surface area (TPSA) is 59.0 Å². The SMILES string of the molecule is Cc1ncn(-c2ccc(NC(=O)C3CC4CNCC43)cc2)c1C. The summed E-state index contributed by atoms with van der Waals surface area (Å²) < 4.78 is 2.06. The number of benzene rings is 1. The van der Waals surface area contributed by atoms with Crippen molar-refractivity contribution in [3.05, 3.63) is 42.0 Å². The number of carbonyl (C=O) groups excluding carboxylic acids is 1. The maximum Gasteiger partial charge on any atom is 0.227 e. The molecule has 2 N–H and O–H groups in total. The largest absolute Gasteiger partial charge is 0.326 e. The van der Waals surface area contributed by atoms with Gasteiger partial charge in [-0.2, -0.15) is 0 Å². The van der Waals surface area contributed by atoms with Crippen molar-refractivity contribution >= 4 is 11.6 Å². The number of amides is 1. The van der Waals surface area contributed by atoms with Crippen LogP contribution in [0, 0.1) is 31.6 Å². The van der Waals surface area contributed by atoms with Gasteiger partial charge in [0.2, 0.25) is 5.91 Å². The van der Waals surface area contributed by atoms with Gasteiger partial charge in [0.15, 0.2) is 0 Å². The number of hydrogen-bond donors (Lipinski definition) is 2. The molecule has 0 radical (unpaired) electrons. The smallest absolute Gasteiger partial charge is 0.227 e. The number of rotatable bonds is 3. The molecule has 2 fully saturated rings. The fraction of sp³-hybridized carbons (Fsp3) is 0.444. The fourth-order valence-electron chi connectivity index (χ4n) is 3.79. The first-order valence-corrected chi connectivity index (χ1v) is 8.26. The Hall–Kier alpha value is -2.14. The Morgan fingerprint density at radius 1 is 1.26 bits per heavy atom. The lowest BCUT2D eigenvalue weighted by Crippen LogP contribution is -2.43. The molecule has 2 heterocycles. The van der Waals surface area contributed by atoms with Gasteiger partial charge in [0.05, 0.1) is 12.0 Å². The highest BCUT2D eigenvalue weighted by Gasteiger charge is 2.47. The van der Waals surface area contributed by atoms with Gasteiger partial charge in [-0.1, -0.05) is 0 Å². The van der Waals surface area contributed by atoms with Crippen LogP contribution in [0.4, 0.5) is 5.69 Å². The molecule has 3 atom stereocenters. The molecule has 1 aromatic heterocycles. The molecule has 1 aliphatic carbocycles. The third kappa shape index (κ3) is 2.45. The van der Waals surface area contributed by atoms with E-state index in [1.807, 2.05) is 37.5 Å². The van der Waals surface area contributed by atoms with E-state index in [0.29, 0.717) is 11.8 Å². The monoisotopic (exact) mass is 310 g/mol. The van der Waals surface area contributed by atoms with Crippen molar-refractivity contribution in [2.45, 2.75) is 20.3 Å². The third-order valence-corrected chi connectivity index (χ3v) is 5.47. The number of nitrogens with one attached hydrogen (secondary N) is 2. The number of nitrogens with zero attached hydrogens (tertiary/aromatic N) is 2. The minimum atomic E-state index is 0.164. The van der Waals surface area contributed by atoms with Gasteiger partial charge < -0.3 is 15.2 Å². The molecule has 5 nitrogen and oxygen atoms in total. The van der Waals surface area contributed by atoms with Crippen molar-refractivity contribution in [2.24, 2.45) is 17.8 Å². The maximum absolute atomic E-state index is 12.4. The molecule has 5 heteroatoms. The molecule has 1 saturated carbocycles. The summed E-state index contributed by atoms with van der Waals surface area (Å²) in [6.07, 6.45) is 2.86. The van der Waals surface area contributed by atoms with Gasteiger partial charge in [0, 0.05) is 23.0 Å². The van der Waals surface area contributed by atoms with Crippen LogP contribution in [0.5, 0.6) is 0 Å². The van der Waals surface area contributed by atoms with Crippen molar-refractivity contribution in [3.8, 4) is 5.69 Å². The summed E-state index contributed by atoms with van der Waals surface area (Å²) in [5.74, 6) is 1.58. The highest BCUT2D eigenvalue weighted by atomic mass is 16.1. The maximum atomic E-state index is 12.4. The van der Waals surface area contributed by atoms with E-state index in [4.69, 9.17) is 0 Å². The second kappa shape index (κ2) is 5.49. The summed E-state index contributed by atoms with van der Waals surface area (Å²) in [6, 6.07) is 7.96. The van der Waals surface area contributed by atoms with Gasteiger partial charge in [-0.15, -0.1) is 0 Å². The van der Waals surface area contributed by atoms with Gasteiger partial charge >= 0.3 is 0 Å². The van der Waals surface area contributed by atoms with Crippen LogP contribution in [0.2, 0.25) is 0 Å². The van der Waals surface area contributed by atoms with Crippen LogP contribution >= 0.6 is 0 Å². The molecule has 1 saturated heterocycles. The molecule has 1 amide bonds. The molecule has 0 bridgehead atoms. The second-order valence-corrected chi connectivity index (χ2v) is 6.75. The van der Waals surface area contributed by atoms with Crippen LogP contribution in [-0.2, 0) is 4.79 Å². The fourth-order valence-corrected chi connectivity index (χ4v) is 3.79. The molecular weight excluding hydrogens is 288 g/mol. The summed E-state index contributed by atoms with van der Waals surface area (Å²) in [4.78, 5) is 16.7. The zero-order valence-electron chi connectivity index (χ0n) is 13.5. The van der Waals surface area contributed by atoms with E-state index in [1.54, 1.807) is 0 Å². The van der Waals surface area contributed by atoms with Crippen LogP contribution in [0.15, 0.2) is 30.6 Å². The van der Waals surface area contributed by atoms with E-state index >= 15 is 0 Å². The molecular formula is C18H22N4O. The molecule has 2 aromatic rings. The molecule has 3 unspecified atom stereocenters. The van der Waals surface area contributed by atoms with Crippen LogP contribution in [-0.4, -0.2) is 28.5 Å². The number of hydrogen-bond acceptors (Lipinski definition) is 3. The Bertz CT molecular complexity index is 734. The number of anilines is 1. The quantitative estimate of drug-likeness (QED) is 0.914. The summed E-state index contributed by atoms with van der Waals surface area (Å²) >= 11 is 0. The van der Waals surface area contributed by atoms with Crippen molar-refractivity contribution in [2.75, 3.05) is 18.4 Å². The van der Waals surface area contributed by atoms with Crippen molar-refractivity contribution in [1.82, 2.24) is 14.9 Å². The van der Waals surface area contributed by atoms with Gasteiger partial charge in [-0.3, -0.25) is 4.79 Å². The number of fused-ring (bicyclic) bond motifs is 1. The summed E-state index contributed by atoms with van der Waals surface area (Å²) in [5.41, 5.74) is 4.09. The first-order chi connectivity index (χ1) is 11.1. The predicted molar refractivity (Wildman–Crippen MR) is 89.6 cm³/mol. The minimum absolute atomic E-state index is 0.164. The zero-order chi connectivity index (χ0) is 16.0. The average Bonchev–Trinajstić information content (AvgIpc) is 3.04. The van der Waals surface area contributed by atoms with Crippen molar-refractivity contribution in [1.29, 1.82) is 0 Å². The first-order valence-electron chi connectivity index (χ1n) is 8.26. The van der Waals surface area contributed by atoms with Crippen LogP contribution in [0.25, 0.3) is 5.69 Å². The molecule has 1 aromatic carbocycles. The highest BCUT2D eigenvalue weighted by molar-refractivity contribution is 5.93. The molecule has 2 aliphatic rings. The molecule has 23 heavy (non-hydrogen) atoms. The van der Waals surface area contributed by atoms with E-state index < -0.39 is 0 Å². The molecule has 1 aliphatic heterocycles. The number of aromatic nitrogens is 2. The Morgan fingerprint density at radius 3 is 2.70 bits per heavy atom. The van der Waals surface area contributed by atoms with E-state index in [0.717, 1.165) is 42.3 Å². The van der Waals surface area contributed by atoms with Gasteiger partial charge in [-0.25, -0.2) is 4.98 Å². The minimum Gasteiger partial charge on any atom is -0.326 e. The van der Waals surface area contributed by atoms with Gasteiger partial charge in [0.25, 0.3) is 0 Å². The highest BCUT2D eigenvalue weighted by Crippen LogP contribution is 2.43. The molecule has 0 spiro atoms. The summed E-state index contributed by atoms with van der Waals surface area (Å²) in [5, 5.41) is 6.44. The van der Waals surface area contributed by atoms with Gasteiger partial charge in [-0.05, 0) is 69.5 Å². The Kier molecular flexibility index (Phi) is 3.45. The van der Waals surface area contributed by atoms with Gasteiger partial charge in [0.1, 0.15) is 0 Å². The van der Waals surface area contributed by atoms with Crippen LogP contribution in [0.1, 0.15) is 17.8 Å². The Labute approximate surface area is 136 Å². The van der Waals surface area contributed by atoms with E-state index in [-0.39, 0.29) is 11.8 Å². The molecule has 120 valence electrons. The van der Waals surface area contributed by atoms with Crippen LogP contribution < -0.4 is 10.6 Å². The summed E-state index contributed by atoms with van der Waals surface area (Å²) in [7, 11) is 0. The standard InChI is InChI=1S/C18H22N4O/c1-11-12(2)22(10-20-11)15-5-3-14(4-6-15)21-18(23)16-7-13-8-19-9-17(13)16/h3-6,10,13,16-17,19H,7-9H2,1-2H3,(H,21,23). The summed E-state index contributed by atoms with van der Waals surface area (Å²) in [6.45, 7) is 6.12. The van der Waals surface area contributed by atoms with Crippen LogP contribution in [0.3, 0.4) is 0 Å². The predicted octanol–water partition coefficient (Wildman–Crippen LogP) is 2.28. The average molecular weight is 310 g/mol. The lowest BCUT2D eigenvalue weighted by atomic mass is 9.66. The first kappa shape index (κ1) is 14.5. The lowest BCUT2D eigenvalue weighted by molar-refractivity contribution is -0.126. The Morgan fingerprint density at radius 2 is 2.04 bits per heavy atom. The van der Waals surface area contributed by atoms with Crippen molar-refractivity contribution < 1.29 is 4.79 Å². The van der Waals surface area contributed by atoms with Crippen molar-refractivity contribution in [3.63, 3.8) is 0 Å². The number of imidazole rings is 1. The lowest BCUT2D eigenvalue weighted by Gasteiger charge is -2.38. The second-order valence-electron chi connectivity index (χ2n) is 6.75. The normalized spacial score (nSPS) is 25.7. The Balaban J connectivity index is 1.44. The number of aryl methyl sites for hydroxylation is 1. The van der Waals surface area contributed by atoms with E-state index in [1.165, 1.54) is 0 Å². The third-order valence-electron chi connectivity index (χ3n) is 5.47. The zero-order valence-corrected chi connectivity index (χ0v) is 13.5. The van der Waals surface area contributed by atoms with E-state index in [9.17, 15) is 4.79 Å². The number of carbonyl (C=O) groups is 1. The van der Waals surface area contributed by atoms with E-state index in [2.05, 4.69) is 27.1 Å².